The Balaban J connectivity index is 1.46. The number of benzene rings is 5. The standard InChI is InChI=1S/C36H23N3O2/c1-36(2)27-13-7-5-9-22(27)23-16-18-30-32(33(23)36)26-12-6-8-14-28(26)38(30)29-17-15-21(20-37)19-31(29)39-34(40)24-10-3-4-11-25(24)35(39)41/h3-19H,1-2H3. The van der Waals surface area contributed by atoms with Crippen molar-refractivity contribution in [2.75, 3.05) is 4.90 Å². The van der Waals surface area contributed by atoms with Gasteiger partial charge in [-0.3, -0.25) is 9.59 Å². The average molecular weight is 530 g/mol. The van der Waals surface area contributed by atoms with Gasteiger partial charge in [0.1, 0.15) is 0 Å². The molecule has 0 unspecified atom stereocenters. The SMILES string of the molecule is CC1(C)c2ccccc2-c2ccc3c(c21)c1ccccc1n3-c1ccc(C#N)cc1N1C(=O)c2ccccc2C1=O. The lowest BCUT2D eigenvalue weighted by Crippen LogP contribution is -2.30. The molecule has 0 atom stereocenters. The van der Waals surface area contributed by atoms with Crippen molar-refractivity contribution < 1.29 is 9.59 Å². The van der Waals surface area contributed by atoms with E-state index >= 15 is 0 Å². The largest absolute Gasteiger partial charge is 0.307 e. The minimum absolute atomic E-state index is 0.226. The summed E-state index contributed by atoms with van der Waals surface area (Å²) in [7, 11) is 0. The van der Waals surface area contributed by atoms with Crippen LogP contribution >= 0.6 is 0 Å². The fourth-order valence-corrected chi connectivity index (χ4v) is 6.96. The predicted molar refractivity (Wildman–Crippen MR) is 161 cm³/mol. The molecule has 0 spiro atoms. The number of aromatic nitrogens is 1. The van der Waals surface area contributed by atoms with Crippen LogP contribution in [0.1, 0.15) is 51.3 Å². The minimum atomic E-state index is -0.389. The van der Waals surface area contributed by atoms with E-state index in [9.17, 15) is 14.9 Å². The molecule has 5 aromatic carbocycles. The van der Waals surface area contributed by atoms with Crippen molar-refractivity contribution in [1.29, 1.82) is 5.26 Å². The number of anilines is 1. The monoisotopic (exact) mass is 529 g/mol. The highest BCUT2D eigenvalue weighted by molar-refractivity contribution is 6.35. The van der Waals surface area contributed by atoms with E-state index in [0.29, 0.717) is 28.1 Å². The van der Waals surface area contributed by atoms with E-state index in [2.05, 4.69) is 73.0 Å². The van der Waals surface area contributed by atoms with Gasteiger partial charge in [0, 0.05) is 16.2 Å². The summed E-state index contributed by atoms with van der Waals surface area (Å²) in [5.41, 5.74) is 8.91. The van der Waals surface area contributed by atoms with E-state index < -0.39 is 0 Å². The molecule has 2 amide bonds. The molecule has 1 aromatic heterocycles. The van der Waals surface area contributed by atoms with Crippen LogP contribution in [0.5, 0.6) is 0 Å². The van der Waals surface area contributed by atoms with Gasteiger partial charge >= 0.3 is 0 Å². The molecule has 0 N–H and O–H groups in total. The summed E-state index contributed by atoms with van der Waals surface area (Å²) in [6.07, 6.45) is 0. The van der Waals surface area contributed by atoms with Gasteiger partial charge in [-0.05, 0) is 64.7 Å². The predicted octanol–water partition coefficient (Wildman–Crippen LogP) is 7.76. The number of nitrogens with zero attached hydrogens (tertiary/aromatic N) is 3. The van der Waals surface area contributed by atoms with E-state index in [1.54, 1.807) is 36.4 Å². The van der Waals surface area contributed by atoms with E-state index in [-0.39, 0.29) is 17.2 Å². The van der Waals surface area contributed by atoms with Crippen LogP contribution in [0.25, 0.3) is 38.6 Å². The van der Waals surface area contributed by atoms with Crippen LogP contribution in [-0.2, 0) is 5.41 Å². The highest BCUT2D eigenvalue weighted by Crippen LogP contribution is 2.53. The van der Waals surface area contributed by atoms with Crippen LogP contribution in [0.4, 0.5) is 5.69 Å². The second-order valence-electron chi connectivity index (χ2n) is 11.2. The lowest BCUT2D eigenvalue weighted by Gasteiger charge is -2.23. The van der Waals surface area contributed by atoms with Crippen molar-refractivity contribution in [1.82, 2.24) is 4.57 Å². The van der Waals surface area contributed by atoms with Gasteiger partial charge in [0.25, 0.3) is 11.8 Å². The van der Waals surface area contributed by atoms with Crippen LogP contribution in [0.3, 0.4) is 0 Å². The summed E-state index contributed by atoms with van der Waals surface area (Å²) < 4.78 is 2.13. The Morgan fingerprint density at radius 1 is 0.659 bits per heavy atom. The number of rotatable bonds is 2. The Labute approximate surface area is 236 Å². The third kappa shape index (κ3) is 2.94. The molecule has 41 heavy (non-hydrogen) atoms. The first-order valence-electron chi connectivity index (χ1n) is 13.6. The first-order valence-corrected chi connectivity index (χ1v) is 13.6. The van der Waals surface area contributed by atoms with Crippen LogP contribution in [-0.4, -0.2) is 16.4 Å². The number of hydrogen-bond acceptors (Lipinski definition) is 3. The number of imide groups is 1. The highest BCUT2D eigenvalue weighted by atomic mass is 16.2. The number of carbonyl (C=O) groups is 2. The fraction of sp³-hybridized carbons (Fsp3) is 0.0833. The third-order valence-electron chi connectivity index (χ3n) is 8.73. The van der Waals surface area contributed by atoms with E-state index in [0.717, 1.165) is 21.8 Å². The van der Waals surface area contributed by atoms with Gasteiger partial charge < -0.3 is 4.57 Å². The van der Waals surface area contributed by atoms with Crippen molar-refractivity contribution in [3.63, 3.8) is 0 Å². The molecular formula is C36H23N3O2. The molecule has 2 aliphatic rings. The summed E-state index contributed by atoms with van der Waals surface area (Å²) >= 11 is 0. The number of fused-ring (bicyclic) bond motifs is 8. The normalized spacial score (nSPS) is 14.8. The van der Waals surface area contributed by atoms with Crippen LogP contribution in [0, 0.1) is 11.3 Å². The van der Waals surface area contributed by atoms with Crippen LogP contribution < -0.4 is 4.90 Å². The summed E-state index contributed by atoms with van der Waals surface area (Å²) in [5, 5.41) is 12.0. The molecular weight excluding hydrogens is 506 g/mol. The molecule has 2 heterocycles. The van der Waals surface area contributed by atoms with E-state index in [4.69, 9.17) is 0 Å². The zero-order valence-electron chi connectivity index (χ0n) is 22.5. The first-order chi connectivity index (χ1) is 19.9. The van der Waals surface area contributed by atoms with Gasteiger partial charge in [0.05, 0.1) is 45.2 Å². The quantitative estimate of drug-likeness (QED) is 0.215. The second kappa shape index (κ2) is 8.03. The smallest absolute Gasteiger partial charge is 0.266 e. The summed E-state index contributed by atoms with van der Waals surface area (Å²) in [5.74, 6) is -0.777. The second-order valence-corrected chi connectivity index (χ2v) is 11.2. The number of amides is 2. The number of para-hydroxylation sites is 1. The van der Waals surface area contributed by atoms with Gasteiger partial charge in [-0.1, -0.05) is 74.5 Å². The Hall–Kier alpha value is -5.47. The summed E-state index contributed by atoms with van der Waals surface area (Å²) in [4.78, 5) is 28.5. The molecule has 0 radical (unpaired) electrons. The maximum atomic E-state index is 13.6. The summed E-state index contributed by atoms with van der Waals surface area (Å²) in [6, 6.07) is 35.4. The van der Waals surface area contributed by atoms with Gasteiger partial charge in [0.15, 0.2) is 0 Å². The Kier molecular flexibility index (Phi) is 4.59. The number of hydrogen-bond donors (Lipinski definition) is 0. The number of carbonyl (C=O) groups excluding carboxylic acids is 2. The molecule has 8 rings (SSSR count). The van der Waals surface area contributed by atoms with Crippen molar-refractivity contribution >= 4 is 39.3 Å². The molecule has 6 aromatic rings. The van der Waals surface area contributed by atoms with Crippen molar-refractivity contribution in [2.24, 2.45) is 0 Å². The topological polar surface area (TPSA) is 66.1 Å². The molecule has 5 nitrogen and oxygen atoms in total. The van der Waals surface area contributed by atoms with Gasteiger partial charge in [-0.15, -0.1) is 0 Å². The first kappa shape index (κ1) is 23.4. The molecule has 194 valence electrons. The Morgan fingerprint density at radius 3 is 2.05 bits per heavy atom. The average Bonchev–Trinajstić information content (AvgIpc) is 3.56. The van der Waals surface area contributed by atoms with Crippen molar-refractivity contribution in [3.05, 3.63) is 131 Å². The van der Waals surface area contributed by atoms with E-state index in [1.165, 1.54) is 27.2 Å². The zero-order chi connectivity index (χ0) is 28.0. The maximum Gasteiger partial charge on any atom is 0.266 e. The Bertz CT molecular complexity index is 2160. The van der Waals surface area contributed by atoms with Crippen LogP contribution in [0.2, 0.25) is 0 Å². The van der Waals surface area contributed by atoms with Crippen molar-refractivity contribution in [3.8, 4) is 22.9 Å². The highest BCUT2D eigenvalue weighted by Gasteiger charge is 2.40. The molecule has 0 saturated carbocycles. The molecule has 1 aliphatic carbocycles. The minimum Gasteiger partial charge on any atom is -0.307 e. The fourth-order valence-electron chi connectivity index (χ4n) is 6.96. The summed E-state index contributed by atoms with van der Waals surface area (Å²) in [6.45, 7) is 4.55. The lowest BCUT2D eigenvalue weighted by atomic mass is 9.80. The maximum absolute atomic E-state index is 13.6. The lowest BCUT2D eigenvalue weighted by molar-refractivity contribution is 0.0926. The number of nitriles is 1. The molecule has 0 saturated heterocycles. The third-order valence-corrected chi connectivity index (χ3v) is 8.73. The van der Waals surface area contributed by atoms with Gasteiger partial charge in [-0.25, -0.2) is 4.90 Å². The molecule has 0 bridgehead atoms. The van der Waals surface area contributed by atoms with Gasteiger partial charge in [-0.2, -0.15) is 5.26 Å². The molecule has 1 aliphatic heterocycles. The zero-order valence-corrected chi connectivity index (χ0v) is 22.5. The van der Waals surface area contributed by atoms with E-state index in [1.807, 2.05) is 18.2 Å². The van der Waals surface area contributed by atoms with Crippen LogP contribution in [0.15, 0.2) is 103 Å². The van der Waals surface area contributed by atoms with Crippen molar-refractivity contribution in [2.45, 2.75) is 19.3 Å². The Morgan fingerprint density at radius 2 is 1.32 bits per heavy atom. The molecule has 0 fully saturated rings. The molecule has 5 heteroatoms. The van der Waals surface area contributed by atoms with Gasteiger partial charge in [0.2, 0.25) is 0 Å².